The summed E-state index contributed by atoms with van der Waals surface area (Å²) in [5.74, 6) is -0.552. The maximum atomic E-state index is 14.3. The van der Waals surface area contributed by atoms with Crippen molar-refractivity contribution < 1.29 is 32.6 Å². The number of carbonyl (C=O) groups excluding carboxylic acids is 2. The van der Waals surface area contributed by atoms with Gasteiger partial charge in [0.05, 0.1) is 35.3 Å². The van der Waals surface area contributed by atoms with Crippen LogP contribution in [0.15, 0.2) is 71.9 Å². The van der Waals surface area contributed by atoms with Crippen molar-refractivity contribution in [3.63, 3.8) is 0 Å². The number of nitrogens with zero attached hydrogens (tertiary/aromatic N) is 3. The van der Waals surface area contributed by atoms with Gasteiger partial charge in [-0.25, -0.2) is 8.42 Å². The van der Waals surface area contributed by atoms with Crippen molar-refractivity contribution in [2.24, 2.45) is 5.92 Å². The number of aliphatic hydroxyl groups excluding tert-OH is 1. The highest BCUT2D eigenvalue weighted by Gasteiger charge is 2.31. The summed E-state index contributed by atoms with van der Waals surface area (Å²) in [6.45, 7) is 6.23. The van der Waals surface area contributed by atoms with Gasteiger partial charge in [-0.3, -0.25) is 19.3 Å². The molecule has 47 heavy (non-hydrogen) atoms. The number of aliphatic hydroxyl groups is 1. The van der Waals surface area contributed by atoms with E-state index in [4.69, 9.17) is 21.1 Å². The molecule has 254 valence electrons. The predicted octanol–water partition coefficient (Wildman–Crippen LogP) is 5.10. The standard InChI is InChI=1S/C34H43ClN4O7S/c1-23-20-39(24(2)22-40)34(42)30-19-28(37-47(43,44)29-11-8-27(35)9-12-29)10-13-31(30)46-25(3)7-5-6-18-45-32(23)21-38(4)33(41)26-14-16-36-17-15-26/h8-17,19,23-25,32,37,40H,5-7,18,20-22H2,1-4H3/t23-,24+,25+,32+/m0/s1. The smallest absolute Gasteiger partial charge is 0.261 e. The highest BCUT2D eigenvalue weighted by Crippen LogP contribution is 2.30. The van der Waals surface area contributed by atoms with Crippen molar-refractivity contribution in [3.8, 4) is 5.75 Å². The molecule has 4 rings (SSSR count). The summed E-state index contributed by atoms with van der Waals surface area (Å²) in [5, 5.41) is 10.6. The third kappa shape index (κ3) is 9.66. The number of nitrogens with one attached hydrogen (secondary N) is 1. The van der Waals surface area contributed by atoms with Gasteiger partial charge in [0.2, 0.25) is 0 Å². The van der Waals surface area contributed by atoms with E-state index < -0.39 is 28.1 Å². The molecule has 2 heterocycles. The largest absolute Gasteiger partial charge is 0.490 e. The van der Waals surface area contributed by atoms with E-state index in [0.717, 1.165) is 12.8 Å². The molecule has 1 aliphatic rings. The Morgan fingerprint density at radius 1 is 1.13 bits per heavy atom. The predicted molar refractivity (Wildman–Crippen MR) is 180 cm³/mol. The summed E-state index contributed by atoms with van der Waals surface area (Å²) in [6.07, 6.45) is 4.75. The molecule has 0 fully saturated rings. The highest BCUT2D eigenvalue weighted by molar-refractivity contribution is 7.92. The Morgan fingerprint density at radius 2 is 1.83 bits per heavy atom. The third-order valence-corrected chi connectivity index (χ3v) is 9.80. The van der Waals surface area contributed by atoms with Gasteiger partial charge >= 0.3 is 0 Å². The van der Waals surface area contributed by atoms with Crippen molar-refractivity contribution in [2.75, 3.05) is 38.1 Å². The molecule has 0 bridgehead atoms. The van der Waals surface area contributed by atoms with Gasteiger partial charge in [-0.2, -0.15) is 0 Å². The van der Waals surface area contributed by atoms with E-state index in [1.54, 1.807) is 60.4 Å². The number of rotatable bonds is 8. The molecular formula is C34H43ClN4O7S. The minimum atomic E-state index is -3.99. The summed E-state index contributed by atoms with van der Waals surface area (Å²) in [7, 11) is -2.28. The number of amides is 2. The Kier molecular flexibility index (Phi) is 12.6. The summed E-state index contributed by atoms with van der Waals surface area (Å²) in [5.41, 5.74) is 0.835. The number of likely N-dealkylation sites (N-methyl/N-ethyl adjacent to an activating group) is 1. The zero-order valence-corrected chi connectivity index (χ0v) is 28.7. The second-order valence-electron chi connectivity index (χ2n) is 12.0. The van der Waals surface area contributed by atoms with Crippen LogP contribution in [-0.2, 0) is 14.8 Å². The zero-order chi connectivity index (χ0) is 34.1. The second-order valence-corrected chi connectivity index (χ2v) is 14.1. The van der Waals surface area contributed by atoms with Crippen LogP contribution < -0.4 is 9.46 Å². The number of halogens is 1. The molecule has 0 aliphatic carbocycles. The van der Waals surface area contributed by atoms with Gasteiger partial charge < -0.3 is 24.4 Å². The average Bonchev–Trinajstić information content (AvgIpc) is 3.06. The topological polar surface area (TPSA) is 138 Å². The maximum absolute atomic E-state index is 14.3. The number of pyridine rings is 1. The first kappa shape index (κ1) is 36.1. The minimum Gasteiger partial charge on any atom is -0.490 e. The molecular weight excluding hydrogens is 644 g/mol. The number of aromatic nitrogens is 1. The Morgan fingerprint density at radius 3 is 2.51 bits per heavy atom. The van der Waals surface area contributed by atoms with Gasteiger partial charge in [0.15, 0.2) is 0 Å². The molecule has 11 nitrogen and oxygen atoms in total. The fourth-order valence-electron chi connectivity index (χ4n) is 5.34. The Hall–Kier alpha value is -3.71. The summed E-state index contributed by atoms with van der Waals surface area (Å²) >= 11 is 5.94. The fraction of sp³-hybridized carbons (Fsp3) is 0.441. The molecule has 4 atom stereocenters. The Bertz CT molecular complexity index is 1610. The second kappa shape index (κ2) is 16.4. The van der Waals surface area contributed by atoms with E-state index >= 15 is 0 Å². The minimum absolute atomic E-state index is 0.0148. The lowest BCUT2D eigenvalue weighted by Gasteiger charge is -2.36. The molecule has 2 aromatic carbocycles. The summed E-state index contributed by atoms with van der Waals surface area (Å²) < 4.78 is 41.5. The highest BCUT2D eigenvalue weighted by atomic mass is 35.5. The van der Waals surface area contributed by atoms with Crippen LogP contribution in [0.4, 0.5) is 5.69 Å². The molecule has 2 N–H and O–H groups in total. The van der Waals surface area contributed by atoms with E-state index in [-0.39, 0.29) is 53.8 Å². The Balaban J connectivity index is 1.66. The zero-order valence-electron chi connectivity index (χ0n) is 27.1. The number of ether oxygens (including phenoxy) is 2. The van der Waals surface area contributed by atoms with Gasteiger partial charge in [-0.1, -0.05) is 18.5 Å². The van der Waals surface area contributed by atoms with Crippen LogP contribution in [0.5, 0.6) is 5.75 Å². The van der Waals surface area contributed by atoms with Crippen LogP contribution in [0.3, 0.4) is 0 Å². The first-order valence-corrected chi connectivity index (χ1v) is 17.5. The molecule has 1 aromatic heterocycles. The van der Waals surface area contributed by atoms with E-state index in [1.807, 2.05) is 13.8 Å². The van der Waals surface area contributed by atoms with E-state index in [9.17, 15) is 23.1 Å². The molecule has 1 aliphatic heterocycles. The van der Waals surface area contributed by atoms with Crippen molar-refractivity contribution >= 4 is 39.1 Å². The number of fused-ring (bicyclic) bond motifs is 1. The van der Waals surface area contributed by atoms with Crippen molar-refractivity contribution in [2.45, 2.75) is 63.2 Å². The van der Waals surface area contributed by atoms with E-state index in [0.29, 0.717) is 29.4 Å². The number of hydrogen-bond donors (Lipinski definition) is 2. The van der Waals surface area contributed by atoms with Gasteiger partial charge in [0, 0.05) is 61.3 Å². The first-order chi connectivity index (χ1) is 22.4. The summed E-state index contributed by atoms with van der Waals surface area (Å²) in [4.78, 5) is 34.6. The van der Waals surface area contributed by atoms with Crippen molar-refractivity contribution in [3.05, 3.63) is 83.1 Å². The number of anilines is 1. The molecule has 0 radical (unpaired) electrons. The van der Waals surface area contributed by atoms with Gasteiger partial charge in [0.1, 0.15) is 5.75 Å². The summed E-state index contributed by atoms with van der Waals surface area (Å²) in [6, 6.07) is 13.1. The van der Waals surface area contributed by atoms with E-state index in [2.05, 4.69) is 9.71 Å². The van der Waals surface area contributed by atoms with Crippen molar-refractivity contribution in [1.82, 2.24) is 14.8 Å². The van der Waals surface area contributed by atoms with Crippen LogP contribution in [0, 0.1) is 5.92 Å². The van der Waals surface area contributed by atoms with E-state index in [1.165, 1.54) is 30.3 Å². The molecule has 0 saturated heterocycles. The maximum Gasteiger partial charge on any atom is 0.261 e. The van der Waals surface area contributed by atoms with Crippen LogP contribution in [-0.4, -0.2) is 91.7 Å². The molecule has 3 aromatic rings. The molecule has 0 spiro atoms. The SMILES string of the molecule is C[C@@H]1CCCCO[C@H](CN(C)C(=O)c2ccncc2)[C@@H](C)CN([C@H](C)CO)C(=O)c2cc(NS(=O)(=O)c3ccc(Cl)cc3)ccc2O1. The van der Waals surface area contributed by atoms with Gasteiger partial charge in [-0.05, 0) is 87.7 Å². The molecule has 0 unspecified atom stereocenters. The quantitative estimate of drug-likeness (QED) is 0.334. The molecule has 0 saturated carbocycles. The fourth-order valence-corrected chi connectivity index (χ4v) is 6.52. The lowest BCUT2D eigenvalue weighted by Crippen LogP contribution is -2.48. The van der Waals surface area contributed by atoms with Crippen LogP contribution in [0.2, 0.25) is 5.02 Å². The molecule has 2 amide bonds. The monoisotopic (exact) mass is 686 g/mol. The number of benzene rings is 2. The first-order valence-electron chi connectivity index (χ1n) is 15.7. The van der Waals surface area contributed by atoms with Gasteiger partial charge in [-0.15, -0.1) is 0 Å². The van der Waals surface area contributed by atoms with Gasteiger partial charge in [0.25, 0.3) is 21.8 Å². The third-order valence-electron chi connectivity index (χ3n) is 8.16. The normalized spacial score (nSPS) is 20.3. The molecule has 13 heteroatoms. The number of carbonyl (C=O) groups is 2. The number of hydrogen-bond acceptors (Lipinski definition) is 8. The lowest BCUT2D eigenvalue weighted by molar-refractivity contribution is -0.0149. The van der Waals surface area contributed by atoms with Crippen molar-refractivity contribution in [1.29, 1.82) is 0 Å². The van der Waals surface area contributed by atoms with Crippen LogP contribution in [0.25, 0.3) is 0 Å². The van der Waals surface area contributed by atoms with Crippen LogP contribution >= 0.6 is 11.6 Å². The average molecular weight is 687 g/mol. The number of sulfonamides is 1. The van der Waals surface area contributed by atoms with Crippen LogP contribution in [0.1, 0.15) is 60.7 Å². The lowest BCUT2D eigenvalue weighted by atomic mass is 10.0. The Labute approximate surface area is 281 Å².